The van der Waals surface area contributed by atoms with Gasteiger partial charge in [0.1, 0.15) is 0 Å². The minimum Gasteiger partial charge on any atom is -0.310 e. The summed E-state index contributed by atoms with van der Waals surface area (Å²) in [7, 11) is 2.13. The molecule has 1 aromatic carbocycles. The summed E-state index contributed by atoms with van der Waals surface area (Å²) < 4.78 is 26.8. The van der Waals surface area contributed by atoms with Gasteiger partial charge in [-0.1, -0.05) is 12.1 Å². The molecule has 0 bridgehead atoms. The Balaban J connectivity index is 1.90. The lowest BCUT2D eigenvalue weighted by Crippen LogP contribution is -2.38. The first-order chi connectivity index (χ1) is 9.08. The van der Waals surface area contributed by atoms with Crippen molar-refractivity contribution >= 4 is 0 Å². The minimum absolute atomic E-state index is 0.164. The van der Waals surface area contributed by atoms with E-state index in [1.54, 1.807) is 12.1 Å². The Bertz CT molecular complexity index is 423. The zero-order valence-electron chi connectivity index (χ0n) is 11.6. The summed E-state index contributed by atoms with van der Waals surface area (Å²) in [5, 5.41) is 3.32. The minimum atomic E-state index is -0.774. The van der Waals surface area contributed by atoms with Crippen LogP contribution in [0.15, 0.2) is 18.2 Å². The molecule has 0 amide bonds. The van der Waals surface area contributed by atoms with Crippen LogP contribution in [-0.4, -0.2) is 31.6 Å². The monoisotopic (exact) mass is 268 g/mol. The van der Waals surface area contributed by atoms with Crippen molar-refractivity contribution in [3.63, 3.8) is 0 Å². The molecule has 2 unspecified atom stereocenters. The molecule has 1 N–H and O–H groups in total. The molecule has 2 rings (SSSR count). The molecule has 0 spiro atoms. The van der Waals surface area contributed by atoms with E-state index in [4.69, 9.17) is 0 Å². The molecule has 4 heteroatoms. The highest BCUT2D eigenvalue weighted by Gasteiger charge is 2.19. The van der Waals surface area contributed by atoms with Gasteiger partial charge < -0.3 is 10.2 Å². The van der Waals surface area contributed by atoms with Gasteiger partial charge in [-0.05, 0) is 51.9 Å². The van der Waals surface area contributed by atoms with Crippen molar-refractivity contribution in [2.24, 2.45) is 5.92 Å². The molecule has 1 aliphatic rings. The van der Waals surface area contributed by atoms with E-state index < -0.39 is 11.6 Å². The van der Waals surface area contributed by atoms with E-state index in [1.807, 2.05) is 6.92 Å². The number of halogens is 2. The van der Waals surface area contributed by atoms with E-state index in [9.17, 15) is 8.78 Å². The number of likely N-dealkylation sites (tertiary alicyclic amines) is 1. The number of nitrogens with zero attached hydrogens (tertiary/aromatic N) is 1. The highest BCUT2D eigenvalue weighted by Crippen LogP contribution is 2.20. The normalized spacial score (nSPS) is 22.4. The van der Waals surface area contributed by atoms with Gasteiger partial charge in [0.25, 0.3) is 0 Å². The maximum absolute atomic E-state index is 13.7. The molecular formula is C15H22F2N2. The topological polar surface area (TPSA) is 15.3 Å². The van der Waals surface area contributed by atoms with Gasteiger partial charge in [-0.2, -0.15) is 0 Å². The van der Waals surface area contributed by atoms with Crippen LogP contribution in [0.25, 0.3) is 0 Å². The van der Waals surface area contributed by atoms with Crippen LogP contribution in [0, 0.1) is 17.6 Å². The molecule has 0 aliphatic carbocycles. The quantitative estimate of drug-likeness (QED) is 0.903. The Morgan fingerprint density at radius 3 is 2.95 bits per heavy atom. The molecule has 1 fully saturated rings. The van der Waals surface area contributed by atoms with E-state index in [0.29, 0.717) is 11.5 Å². The number of rotatable bonds is 4. The molecule has 1 aliphatic heterocycles. The number of nitrogens with one attached hydrogen (secondary N) is 1. The molecule has 19 heavy (non-hydrogen) atoms. The first kappa shape index (κ1) is 14.4. The molecule has 1 heterocycles. The standard InChI is InChI=1S/C15H22F2N2/c1-11(13-6-3-7-14(16)15(13)17)18-9-12-5-4-8-19(2)10-12/h3,6-7,11-12,18H,4-5,8-10H2,1-2H3. The fraction of sp³-hybridized carbons (Fsp3) is 0.600. The van der Waals surface area contributed by atoms with Crippen molar-refractivity contribution in [1.29, 1.82) is 0 Å². The van der Waals surface area contributed by atoms with Gasteiger partial charge in [-0.25, -0.2) is 8.78 Å². The van der Waals surface area contributed by atoms with Crippen LogP contribution >= 0.6 is 0 Å². The molecule has 1 saturated heterocycles. The van der Waals surface area contributed by atoms with Gasteiger partial charge in [0.05, 0.1) is 0 Å². The Morgan fingerprint density at radius 1 is 1.42 bits per heavy atom. The fourth-order valence-corrected chi connectivity index (χ4v) is 2.75. The lowest BCUT2D eigenvalue weighted by molar-refractivity contribution is 0.203. The third-order valence-corrected chi connectivity index (χ3v) is 3.88. The van der Waals surface area contributed by atoms with Gasteiger partial charge in [-0.3, -0.25) is 0 Å². The third-order valence-electron chi connectivity index (χ3n) is 3.88. The van der Waals surface area contributed by atoms with Crippen molar-refractivity contribution in [1.82, 2.24) is 10.2 Å². The average Bonchev–Trinajstić information content (AvgIpc) is 2.39. The van der Waals surface area contributed by atoms with Crippen LogP contribution in [-0.2, 0) is 0 Å². The summed E-state index contributed by atoms with van der Waals surface area (Å²) in [6, 6.07) is 4.19. The summed E-state index contributed by atoms with van der Waals surface area (Å²) in [5.74, 6) is -0.912. The third kappa shape index (κ3) is 3.74. The summed E-state index contributed by atoms with van der Waals surface area (Å²) in [5.41, 5.74) is 0.407. The van der Waals surface area contributed by atoms with Crippen LogP contribution in [0.3, 0.4) is 0 Å². The van der Waals surface area contributed by atoms with E-state index in [-0.39, 0.29) is 6.04 Å². The van der Waals surface area contributed by atoms with Gasteiger partial charge in [0, 0.05) is 18.2 Å². The second kappa shape index (κ2) is 6.44. The number of hydrogen-bond acceptors (Lipinski definition) is 2. The molecule has 2 atom stereocenters. The fourth-order valence-electron chi connectivity index (χ4n) is 2.75. The van der Waals surface area contributed by atoms with Crippen molar-refractivity contribution in [2.45, 2.75) is 25.8 Å². The molecule has 2 nitrogen and oxygen atoms in total. The van der Waals surface area contributed by atoms with E-state index >= 15 is 0 Å². The lowest BCUT2D eigenvalue weighted by Gasteiger charge is -2.30. The zero-order valence-corrected chi connectivity index (χ0v) is 11.6. The van der Waals surface area contributed by atoms with Crippen LogP contribution in [0.2, 0.25) is 0 Å². The van der Waals surface area contributed by atoms with E-state index in [1.165, 1.54) is 12.8 Å². The Hall–Kier alpha value is -1.00. The zero-order chi connectivity index (χ0) is 13.8. The number of hydrogen-bond donors (Lipinski definition) is 1. The smallest absolute Gasteiger partial charge is 0.163 e. The largest absolute Gasteiger partial charge is 0.310 e. The second-order valence-corrected chi connectivity index (χ2v) is 5.54. The number of benzene rings is 1. The Labute approximate surface area is 113 Å². The van der Waals surface area contributed by atoms with Crippen molar-refractivity contribution in [2.75, 3.05) is 26.7 Å². The average molecular weight is 268 g/mol. The highest BCUT2D eigenvalue weighted by molar-refractivity contribution is 5.21. The first-order valence-electron chi connectivity index (χ1n) is 6.93. The van der Waals surface area contributed by atoms with Crippen LogP contribution < -0.4 is 5.32 Å². The van der Waals surface area contributed by atoms with Gasteiger partial charge in [0.2, 0.25) is 0 Å². The van der Waals surface area contributed by atoms with Gasteiger partial charge in [0.15, 0.2) is 11.6 Å². The maximum atomic E-state index is 13.7. The molecule has 1 aromatic rings. The Kier molecular flexibility index (Phi) is 4.88. The van der Waals surface area contributed by atoms with Gasteiger partial charge >= 0.3 is 0 Å². The summed E-state index contributed by atoms with van der Waals surface area (Å²) >= 11 is 0. The van der Waals surface area contributed by atoms with Crippen LogP contribution in [0.4, 0.5) is 8.78 Å². The Morgan fingerprint density at radius 2 is 2.21 bits per heavy atom. The number of piperidine rings is 1. The predicted octanol–water partition coefficient (Wildman–Crippen LogP) is 2.96. The second-order valence-electron chi connectivity index (χ2n) is 5.54. The van der Waals surface area contributed by atoms with Crippen molar-refractivity contribution in [3.05, 3.63) is 35.4 Å². The molecule has 0 saturated carbocycles. The predicted molar refractivity (Wildman–Crippen MR) is 73.0 cm³/mol. The molecule has 106 valence electrons. The SMILES string of the molecule is CC(NCC1CCCN(C)C1)c1cccc(F)c1F. The summed E-state index contributed by atoms with van der Waals surface area (Å²) in [6.45, 7) is 4.96. The molecule has 0 radical (unpaired) electrons. The van der Waals surface area contributed by atoms with Crippen LogP contribution in [0.5, 0.6) is 0 Å². The maximum Gasteiger partial charge on any atom is 0.163 e. The molecule has 0 aromatic heterocycles. The summed E-state index contributed by atoms with van der Waals surface area (Å²) in [6.07, 6.45) is 2.42. The van der Waals surface area contributed by atoms with Crippen molar-refractivity contribution in [3.8, 4) is 0 Å². The van der Waals surface area contributed by atoms with E-state index in [0.717, 1.165) is 25.7 Å². The highest BCUT2D eigenvalue weighted by atomic mass is 19.2. The first-order valence-corrected chi connectivity index (χ1v) is 6.93. The molecular weight excluding hydrogens is 246 g/mol. The van der Waals surface area contributed by atoms with Gasteiger partial charge in [-0.15, -0.1) is 0 Å². The van der Waals surface area contributed by atoms with Crippen molar-refractivity contribution < 1.29 is 8.78 Å². The lowest BCUT2D eigenvalue weighted by atomic mass is 9.97. The van der Waals surface area contributed by atoms with E-state index in [2.05, 4.69) is 17.3 Å². The van der Waals surface area contributed by atoms with Crippen LogP contribution in [0.1, 0.15) is 31.4 Å². The summed E-state index contributed by atoms with van der Waals surface area (Å²) in [4.78, 5) is 2.32.